The van der Waals surface area contributed by atoms with Crippen LogP contribution in [0.3, 0.4) is 0 Å². The monoisotopic (exact) mass is 528 g/mol. The third kappa shape index (κ3) is 4.65. The summed E-state index contributed by atoms with van der Waals surface area (Å²) in [6, 6.07) is 10.1. The van der Waals surface area contributed by atoms with Crippen LogP contribution in [0, 0.1) is 0 Å². The number of aromatic nitrogens is 1. The zero-order valence-electron chi connectivity index (χ0n) is 18.0. The molecular weight excluding hydrogens is 508 g/mol. The molecule has 0 saturated heterocycles. The number of esters is 1. The molecule has 4 rings (SSSR count). The molecule has 7 nitrogen and oxygen atoms in total. The predicted octanol–water partition coefficient (Wildman–Crippen LogP) is 3.72. The zero-order chi connectivity index (χ0) is 23.5. The molecule has 1 aliphatic heterocycles. The van der Waals surface area contributed by atoms with Gasteiger partial charge in [0.1, 0.15) is 18.1 Å². The van der Waals surface area contributed by atoms with Crippen molar-refractivity contribution >= 4 is 39.3 Å². The molecular formula is C24H21BrN2O5S. The first-order valence-corrected chi connectivity index (χ1v) is 11.8. The predicted molar refractivity (Wildman–Crippen MR) is 129 cm³/mol. The topological polar surface area (TPSA) is 83.0 Å². The van der Waals surface area contributed by atoms with Gasteiger partial charge >= 0.3 is 5.97 Å². The van der Waals surface area contributed by atoms with Gasteiger partial charge in [0, 0.05) is 6.08 Å². The van der Waals surface area contributed by atoms with Gasteiger partial charge in [0.05, 0.1) is 28.5 Å². The van der Waals surface area contributed by atoms with Crippen molar-refractivity contribution in [3.63, 3.8) is 0 Å². The van der Waals surface area contributed by atoms with Crippen molar-refractivity contribution in [1.29, 1.82) is 0 Å². The van der Waals surface area contributed by atoms with Crippen molar-refractivity contribution in [2.45, 2.75) is 19.9 Å². The minimum absolute atomic E-state index is 0.217. The van der Waals surface area contributed by atoms with Crippen LogP contribution in [0.15, 0.2) is 79.2 Å². The molecule has 1 aliphatic rings. The molecule has 1 aromatic carbocycles. The average Bonchev–Trinajstić information content (AvgIpc) is 3.34. The first-order chi connectivity index (χ1) is 15.9. The summed E-state index contributed by atoms with van der Waals surface area (Å²) in [6.07, 6.45) is 3.33. The van der Waals surface area contributed by atoms with E-state index in [-0.39, 0.29) is 12.2 Å². The van der Waals surface area contributed by atoms with Crippen molar-refractivity contribution in [1.82, 2.24) is 4.57 Å². The molecule has 2 aromatic heterocycles. The highest BCUT2D eigenvalue weighted by atomic mass is 79.9. The van der Waals surface area contributed by atoms with Gasteiger partial charge in [-0.3, -0.25) is 9.36 Å². The SMILES string of the molecule is C=CCOc1ccc([C@@H]2C(C(=O)OCC)=C(C)N=c3s/c(=C\c4ccc(Br)o4)c(=O)n32)cc1. The Balaban J connectivity index is 1.88. The van der Waals surface area contributed by atoms with Gasteiger partial charge in [-0.2, -0.15) is 0 Å². The van der Waals surface area contributed by atoms with Crippen molar-refractivity contribution in [2.75, 3.05) is 13.2 Å². The van der Waals surface area contributed by atoms with Gasteiger partial charge in [-0.15, -0.1) is 0 Å². The number of hydrogen-bond acceptors (Lipinski definition) is 7. The number of carbonyl (C=O) groups is 1. The normalized spacial score (nSPS) is 15.7. The Morgan fingerprint density at radius 1 is 1.30 bits per heavy atom. The maximum Gasteiger partial charge on any atom is 0.338 e. The minimum atomic E-state index is -0.681. The highest BCUT2D eigenvalue weighted by molar-refractivity contribution is 9.10. The Kier molecular flexibility index (Phi) is 6.80. The van der Waals surface area contributed by atoms with Gasteiger partial charge < -0.3 is 13.9 Å². The zero-order valence-corrected chi connectivity index (χ0v) is 20.4. The number of thiazole rings is 1. The molecule has 0 bridgehead atoms. The van der Waals surface area contributed by atoms with Crippen molar-refractivity contribution in [3.8, 4) is 5.75 Å². The van der Waals surface area contributed by atoms with Crippen LogP contribution in [-0.2, 0) is 9.53 Å². The second kappa shape index (κ2) is 9.76. The van der Waals surface area contributed by atoms with Gasteiger partial charge in [-0.25, -0.2) is 9.79 Å². The molecule has 9 heteroatoms. The Morgan fingerprint density at radius 3 is 2.70 bits per heavy atom. The lowest BCUT2D eigenvalue weighted by atomic mass is 9.96. The lowest BCUT2D eigenvalue weighted by molar-refractivity contribution is -0.139. The third-order valence-corrected chi connectivity index (χ3v) is 6.36. The van der Waals surface area contributed by atoms with Crippen molar-refractivity contribution < 1.29 is 18.7 Å². The Labute approximate surface area is 202 Å². The van der Waals surface area contributed by atoms with Crippen LogP contribution < -0.4 is 19.6 Å². The lowest BCUT2D eigenvalue weighted by Gasteiger charge is -2.24. The highest BCUT2D eigenvalue weighted by Crippen LogP contribution is 2.31. The van der Waals surface area contributed by atoms with E-state index >= 15 is 0 Å². The van der Waals surface area contributed by atoms with Crippen LogP contribution in [0.1, 0.15) is 31.2 Å². The van der Waals surface area contributed by atoms with Crippen LogP contribution in [0.2, 0.25) is 0 Å². The van der Waals surface area contributed by atoms with E-state index in [0.717, 1.165) is 5.56 Å². The van der Waals surface area contributed by atoms with Gasteiger partial charge in [0.15, 0.2) is 9.47 Å². The molecule has 33 heavy (non-hydrogen) atoms. The smallest absolute Gasteiger partial charge is 0.338 e. The Hall–Kier alpha value is -3.17. The average molecular weight is 529 g/mol. The quantitative estimate of drug-likeness (QED) is 0.344. The number of fused-ring (bicyclic) bond motifs is 1. The molecule has 0 aliphatic carbocycles. The number of halogens is 1. The standard InChI is InChI=1S/C24H21BrN2O5S/c1-4-12-31-16-8-6-15(7-9-16)21-20(23(29)30-5-2)14(3)26-24-27(21)22(28)18(33-24)13-17-10-11-19(25)32-17/h4,6-11,13,21H,1,5,12H2,2-3H3/b18-13-/t21-/m1/s1. The summed E-state index contributed by atoms with van der Waals surface area (Å²) in [6.45, 7) is 7.74. The van der Waals surface area contributed by atoms with E-state index in [1.165, 1.54) is 15.9 Å². The summed E-state index contributed by atoms with van der Waals surface area (Å²) in [5, 5.41) is 0. The number of nitrogens with zero attached hydrogens (tertiary/aromatic N) is 2. The van der Waals surface area contributed by atoms with E-state index < -0.39 is 12.0 Å². The fourth-order valence-corrected chi connectivity index (χ4v) is 4.89. The molecule has 0 saturated carbocycles. The van der Waals surface area contributed by atoms with Gasteiger partial charge in [-0.1, -0.05) is 36.1 Å². The van der Waals surface area contributed by atoms with E-state index in [0.29, 0.717) is 43.4 Å². The number of ether oxygens (including phenoxy) is 2. The number of rotatable bonds is 7. The molecule has 3 heterocycles. The molecule has 0 radical (unpaired) electrons. The highest BCUT2D eigenvalue weighted by Gasteiger charge is 2.33. The summed E-state index contributed by atoms with van der Waals surface area (Å²) in [4.78, 5) is 31.4. The molecule has 170 valence electrons. The Bertz CT molecular complexity index is 1410. The maximum atomic E-state index is 13.5. The molecule has 0 spiro atoms. The van der Waals surface area contributed by atoms with E-state index in [4.69, 9.17) is 13.9 Å². The second-order valence-corrected chi connectivity index (χ2v) is 8.90. The summed E-state index contributed by atoms with van der Waals surface area (Å²) >= 11 is 4.51. The first kappa shape index (κ1) is 23.0. The number of benzene rings is 1. The first-order valence-electron chi connectivity index (χ1n) is 10.2. The van der Waals surface area contributed by atoms with Crippen LogP contribution >= 0.6 is 27.3 Å². The number of allylic oxidation sites excluding steroid dienone is 1. The lowest BCUT2D eigenvalue weighted by Crippen LogP contribution is -2.39. The molecule has 3 aromatic rings. The van der Waals surface area contributed by atoms with E-state index in [1.54, 1.807) is 50.3 Å². The summed E-state index contributed by atoms with van der Waals surface area (Å²) in [5.74, 6) is 0.696. The van der Waals surface area contributed by atoms with Gasteiger partial charge in [0.2, 0.25) is 0 Å². The largest absolute Gasteiger partial charge is 0.490 e. The van der Waals surface area contributed by atoms with Gasteiger partial charge in [-0.05, 0) is 59.6 Å². The van der Waals surface area contributed by atoms with E-state index in [2.05, 4.69) is 27.5 Å². The fourth-order valence-electron chi connectivity index (χ4n) is 3.54. The second-order valence-electron chi connectivity index (χ2n) is 7.11. The summed E-state index contributed by atoms with van der Waals surface area (Å²) < 4.78 is 19.0. The van der Waals surface area contributed by atoms with E-state index in [9.17, 15) is 9.59 Å². The number of furan rings is 1. The molecule has 0 N–H and O–H groups in total. The minimum Gasteiger partial charge on any atom is -0.490 e. The van der Waals surface area contributed by atoms with Crippen LogP contribution in [0.4, 0.5) is 0 Å². The number of hydrogen-bond donors (Lipinski definition) is 0. The van der Waals surface area contributed by atoms with E-state index in [1.807, 2.05) is 12.1 Å². The summed E-state index contributed by atoms with van der Waals surface area (Å²) in [5.41, 5.74) is 1.32. The molecule has 0 amide bonds. The van der Waals surface area contributed by atoms with Crippen LogP contribution in [-0.4, -0.2) is 23.8 Å². The molecule has 0 unspecified atom stereocenters. The molecule has 0 fully saturated rings. The van der Waals surface area contributed by atoms with Crippen LogP contribution in [0.25, 0.3) is 6.08 Å². The fraction of sp³-hybridized carbons (Fsp3) is 0.208. The Morgan fingerprint density at radius 2 is 2.06 bits per heavy atom. The molecule has 1 atom stereocenters. The third-order valence-electron chi connectivity index (χ3n) is 4.95. The maximum absolute atomic E-state index is 13.5. The summed E-state index contributed by atoms with van der Waals surface area (Å²) in [7, 11) is 0. The van der Waals surface area contributed by atoms with Crippen LogP contribution in [0.5, 0.6) is 5.75 Å². The number of carbonyl (C=O) groups excluding carboxylic acids is 1. The van der Waals surface area contributed by atoms with Crippen molar-refractivity contribution in [3.05, 3.63) is 96.0 Å². The van der Waals surface area contributed by atoms with Gasteiger partial charge in [0.25, 0.3) is 5.56 Å². The van der Waals surface area contributed by atoms with Crippen molar-refractivity contribution in [2.24, 2.45) is 4.99 Å².